The highest BCUT2D eigenvalue weighted by atomic mass is 16.5. The van der Waals surface area contributed by atoms with Gasteiger partial charge in [-0.25, -0.2) is 4.79 Å². The third-order valence-corrected chi connectivity index (χ3v) is 5.13. The maximum atomic E-state index is 12.1. The monoisotopic (exact) mass is 373 g/mol. The van der Waals surface area contributed by atoms with Crippen LogP contribution in [-0.2, 0) is 30.7 Å². The van der Waals surface area contributed by atoms with Crippen molar-refractivity contribution in [2.45, 2.75) is 64.1 Å². The number of aryl methyl sites for hydroxylation is 1. The molecule has 1 unspecified atom stereocenters. The highest BCUT2D eigenvalue weighted by Crippen LogP contribution is 2.15. The van der Waals surface area contributed by atoms with Crippen molar-refractivity contribution in [3.05, 3.63) is 24.0 Å². The van der Waals surface area contributed by atoms with Crippen LogP contribution in [0.5, 0.6) is 0 Å². The average molecular weight is 373 g/mol. The van der Waals surface area contributed by atoms with Crippen LogP contribution in [0.15, 0.2) is 12.4 Å². The van der Waals surface area contributed by atoms with Gasteiger partial charge in [0.25, 0.3) is 0 Å². The Morgan fingerprint density at radius 1 is 1.26 bits per heavy atom. The van der Waals surface area contributed by atoms with E-state index in [9.17, 15) is 4.79 Å². The molecular formula is C18H27N7O2. The molecule has 9 heteroatoms. The molecule has 4 heterocycles. The van der Waals surface area contributed by atoms with Gasteiger partial charge in [-0.15, -0.1) is 10.2 Å². The van der Waals surface area contributed by atoms with Crippen molar-refractivity contribution in [1.82, 2.24) is 29.9 Å². The Bertz CT molecular complexity index is 764. The number of hydrogen-bond donors (Lipinski definition) is 2. The molecule has 2 N–H and O–H groups in total. The highest BCUT2D eigenvalue weighted by Gasteiger charge is 2.17. The molecule has 27 heavy (non-hydrogen) atoms. The van der Waals surface area contributed by atoms with E-state index in [1.165, 1.54) is 19.3 Å². The molecule has 2 aliphatic rings. The van der Waals surface area contributed by atoms with Gasteiger partial charge in [0, 0.05) is 38.7 Å². The smallest absolute Gasteiger partial charge is 0.319 e. The first-order valence-corrected chi connectivity index (χ1v) is 9.88. The van der Waals surface area contributed by atoms with E-state index in [0.29, 0.717) is 18.7 Å². The van der Waals surface area contributed by atoms with Crippen LogP contribution in [0, 0.1) is 0 Å². The van der Waals surface area contributed by atoms with Crippen LogP contribution in [0.1, 0.15) is 43.8 Å². The summed E-state index contributed by atoms with van der Waals surface area (Å²) in [7, 11) is 0. The summed E-state index contributed by atoms with van der Waals surface area (Å²) < 4.78 is 9.64. The molecule has 0 aromatic carbocycles. The fraction of sp³-hybridized carbons (Fsp3) is 0.667. The van der Waals surface area contributed by atoms with Gasteiger partial charge in [0.15, 0.2) is 0 Å². The predicted octanol–water partition coefficient (Wildman–Crippen LogP) is 1.74. The first-order valence-electron chi connectivity index (χ1n) is 9.88. The van der Waals surface area contributed by atoms with E-state index in [0.717, 1.165) is 50.6 Å². The molecule has 146 valence electrons. The Hall–Kier alpha value is -2.42. The summed E-state index contributed by atoms with van der Waals surface area (Å²) in [5.74, 6) is 2.03. The van der Waals surface area contributed by atoms with E-state index in [1.54, 1.807) is 6.20 Å². The Labute approximate surface area is 158 Å². The first kappa shape index (κ1) is 18.0. The van der Waals surface area contributed by atoms with Gasteiger partial charge < -0.3 is 19.9 Å². The number of carbonyl (C=O) groups is 1. The van der Waals surface area contributed by atoms with Crippen LogP contribution < -0.4 is 10.6 Å². The first-order chi connectivity index (χ1) is 13.3. The number of nitrogens with zero attached hydrogens (tertiary/aromatic N) is 5. The number of fused-ring (bicyclic) bond motifs is 1. The van der Waals surface area contributed by atoms with Gasteiger partial charge in [0.05, 0.1) is 24.5 Å². The van der Waals surface area contributed by atoms with Crippen molar-refractivity contribution in [2.24, 2.45) is 0 Å². The summed E-state index contributed by atoms with van der Waals surface area (Å²) in [6, 6.07) is -0.234. The minimum absolute atomic E-state index is 0.227. The van der Waals surface area contributed by atoms with E-state index in [2.05, 4.69) is 30.5 Å². The number of aromatic nitrogens is 5. The van der Waals surface area contributed by atoms with Gasteiger partial charge in [0.1, 0.15) is 11.6 Å². The van der Waals surface area contributed by atoms with Gasteiger partial charge in [-0.1, -0.05) is 6.42 Å². The fourth-order valence-corrected chi connectivity index (χ4v) is 3.72. The zero-order valence-corrected chi connectivity index (χ0v) is 15.6. The highest BCUT2D eigenvalue weighted by molar-refractivity contribution is 5.88. The molecule has 2 aromatic heterocycles. The number of rotatable bonds is 6. The number of amides is 2. The molecular weight excluding hydrogens is 346 g/mol. The molecule has 2 amide bonds. The van der Waals surface area contributed by atoms with Crippen molar-refractivity contribution < 1.29 is 9.53 Å². The molecule has 9 nitrogen and oxygen atoms in total. The molecule has 1 saturated heterocycles. The lowest BCUT2D eigenvalue weighted by atomic mass is 10.2. The van der Waals surface area contributed by atoms with Crippen LogP contribution in [0.25, 0.3) is 0 Å². The Morgan fingerprint density at radius 2 is 2.22 bits per heavy atom. The average Bonchev–Trinajstić information content (AvgIpc) is 3.36. The van der Waals surface area contributed by atoms with Gasteiger partial charge in [-0.3, -0.25) is 4.68 Å². The summed E-state index contributed by atoms with van der Waals surface area (Å²) >= 11 is 0. The SMILES string of the molecule is O=C(NCCc1nnc2n1CCCCC2)Nc1cnn(CC2CCCO2)c1. The molecule has 0 radical (unpaired) electrons. The molecule has 0 spiro atoms. The lowest BCUT2D eigenvalue weighted by Gasteiger charge is -2.09. The van der Waals surface area contributed by atoms with Crippen LogP contribution in [0.4, 0.5) is 10.5 Å². The van der Waals surface area contributed by atoms with Crippen LogP contribution in [0.3, 0.4) is 0 Å². The topological polar surface area (TPSA) is 98.9 Å². The number of nitrogens with one attached hydrogen (secondary N) is 2. The Kier molecular flexibility index (Phi) is 5.66. The van der Waals surface area contributed by atoms with E-state index in [1.807, 2.05) is 10.9 Å². The lowest BCUT2D eigenvalue weighted by Crippen LogP contribution is -2.30. The predicted molar refractivity (Wildman–Crippen MR) is 99.5 cm³/mol. The molecule has 0 aliphatic carbocycles. The standard InChI is InChI=1S/C18H27N7O2/c26-18(21-14-11-20-24(12-14)13-15-5-4-10-27-15)19-8-7-17-23-22-16-6-2-1-3-9-25(16)17/h11-12,15H,1-10,13H2,(H2,19,21,26). The Balaban J connectivity index is 1.22. The molecule has 2 aliphatic heterocycles. The third kappa shape index (κ3) is 4.65. The summed E-state index contributed by atoms with van der Waals surface area (Å²) in [4.78, 5) is 12.1. The van der Waals surface area contributed by atoms with Crippen LogP contribution in [0.2, 0.25) is 0 Å². The third-order valence-electron chi connectivity index (χ3n) is 5.13. The second-order valence-electron chi connectivity index (χ2n) is 7.21. The van der Waals surface area contributed by atoms with Crippen molar-refractivity contribution >= 4 is 11.7 Å². The minimum atomic E-state index is -0.234. The van der Waals surface area contributed by atoms with E-state index in [4.69, 9.17) is 4.74 Å². The second kappa shape index (κ2) is 8.51. The maximum absolute atomic E-state index is 12.1. The quantitative estimate of drug-likeness (QED) is 0.804. The minimum Gasteiger partial charge on any atom is -0.376 e. The number of hydrogen-bond acceptors (Lipinski definition) is 5. The molecule has 1 atom stereocenters. The molecule has 4 rings (SSSR count). The van der Waals surface area contributed by atoms with Gasteiger partial charge in [0.2, 0.25) is 0 Å². The lowest BCUT2D eigenvalue weighted by molar-refractivity contribution is 0.0940. The maximum Gasteiger partial charge on any atom is 0.319 e. The van der Waals surface area contributed by atoms with Gasteiger partial charge >= 0.3 is 6.03 Å². The van der Waals surface area contributed by atoms with Gasteiger partial charge in [-0.05, 0) is 25.7 Å². The fourth-order valence-electron chi connectivity index (χ4n) is 3.72. The van der Waals surface area contributed by atoms with Crippen molar-refractivity contribution in [3.8, 4) is 0 Å². The molecule has 0 saturated carbocycles. The van der Waals surface area contributed by atoms with Gasteiger partial charge in [-0.2, -0.15) is 5.10 Å². The zero-order chi connectivity index (χ0) is 18.5. The number of anilines is 1. The number of carbonyl (C=O) groups excluding carboxylic acids is 1. The molecule has 2 aromatic rings. The summed E-state index contributed by atoms with van der Waals surface area (Å²) in [5, 5.41) is 18.6. The van der Waals surface area contributed by atoms with Crippen molar-refractivity contribution in [2.75, 3.05) is 18.5 Å². The zero-order valence-electron chi connectivity index (χ0n) is 15.6. The summed E-state index contributed by atoms with van der Waals surface area (Å²) in [6.07, 6.45) is 11.2. The number of ether oxygens (including phenoxy) is 1. The van der Waals surface area contributed by atoms with E-state index < -0.39 is 0 Å². The van der Waals surface area contributed by atoms with E-state index >= 15 is 0 Å². The normalized spacial score (nSPS) is 19.5. The number of urea groups is 1. The summed E-state index contributed by atoms with van der Waals surface area (Å²) in [5.41, 5.74) is 0.682. The van der Waals surface area contributed by atoms with E-state index in [-0.39, 0.29) is 12.1 Å². The Morgan fingerprint density at radius 3 is 3.11 bits per heavy atom. The van der Waals surface area contributed by atoms with Crippen LogP contribution in [-0.4, -0.2) is 49.8 Å². The second-order valence-corrected chi connectivity index (χ2v) is 7.21. The largest absolute Gasteiger partial charge is 0.376 e. The van der Waals surface area contributed by atoms with Crippen molar-refractivity contribution in [1.29, 1.82) is 0 Å². The van der Waals surface area contributed by atoms with Crippen LogP contribution >= 0.6 is 0 Å². The summed E-state index contributed by atoms with van der Waals surface area (Å²) in [6.45, 7) is 3.05. The molecule has 1 fully saturated rings. The van der Waals surface area contributed by atoms with Crippen molar-refractivity contribution in [3.63, 3.8) is 0 Å². The molecule has 0 bridgehead atoms.